The molecule has 0 aliphatic heterocycles. The Morgan fingerprint density at radius 2 is 1.55 bits per heavy atom. The molecule has 0 unspecified atom stereocenters. The van der Waals surface area contributed by atoms with E-state index in [0.717, 1.165) is 0 Å². The molecule has 0 aliphatic rings. The summed E-state index contributed by atoms with van der Waals surface area (Å²) in [5.74, 6) is 0. The van der Waals surface area contributed by atoms with E-state index in [2.05, 4.69) is 37.0 Å². The van der Waals surface area contributed by atoms with Crippen molar-refractivity contribution in [2.75, 3.05) is 13.1 Å². The van der Waals surface area contributed by atoms with E-state index in [1.54, 1.807) is 0 Å². The van der Waals surface area contributed by atoms with Crippen LogP contribution in [0.3, 0.4) is 0 Å². The minimum atomic E-state index is -0.301. The summed E-state index contributed by atoms with van der Waals surface area (Å²) in [5, 5.41) is 5.87. The molecule has 1 radical (unpaired) electrons. The lowest BCUT2D eigenvalue weighted by atomic mass is 10.4. The van der Waals surface area contributed by atoms with Gasteiger partial charge in [0.25, 0.3) is 0 Å². The molecule has 0 saturated carbocycles. The molecule has 0 aliphatic carbocycles. The molecule has 0 spiro atoms. The molecule has 0 fully saturated rings. The summed E-state index contributed by atoms with van der Waals surface area (Å²) in [6, 6.07) is 0. The summed E-state index contributed by atoms with van der Waals surface area (Å²) in [4.78, 5) is 0. The molecule has 0 heterocycles. The average Bonchev–Trinajstić information content (AvgIpc) is 1.87. The van der Waals surface area contributed by atoms with Crippen LogP contribution in [0.5, 0.6) is 0 Å². The fourth-order valence-corrected chi connectivity index (χ4v) is 1.94. The molecule has 0 aromatic heterocycles. The van der Waals surface area contributed by atoms with Crippen molar-refractivity contribution >= 4 is 8.96 Å². The molecule has 0 atom stereocenters. The normalized spacial score (nSPS) is 11.5. The highest BCUT2D eigenvalue weighted by molar-refractivity contribution is 6.52. The predicted octanol–water partition coefficient (Wildman–Crippen LogP) is 1.86. The van der Waals surface area contributed by atoms with Crippen LogP contribution in [0.15, 0.2) is 0 Å². The second-order valence-corrected chi connectivity index (χ2v) is 5.32. The van der Waals surface area contributed by atoms with Crippen molar-refractivity contribution in [1.29, 1.82) is 0 Å². The summed E-state index contributed by atoms with van der Waals surface area (Å²) in [6.45, 7) is 11.4. The summed E-state index contributed by atoms with van der Waals surface area (Å²) >= 11 is 0. The van der Waals surface area contributed by atoms with Gasteiger partial charge in [-0.2, -0.15) is 0 Å². The Bertz CT molecular complexity index is 80.2. The first kappa shape index (κ1) is 11.1. The van der Waals surface area contributed by atoms with Crippen LogP contribution in [0.4, 0.5) is 0 Å². The molecule has 0 aromatic rings. The summed E-state index contributed by atoms with van der Waals surface area (Å²) in [7, 11) is -0.301. The van der Waals surface area contributed by atoms with Crippen LogP contribution in [0.2, 0.25) is 13.1 Å². The van der Waals surface area contributed by atoms with Crippen LogP contribution < -0.4 is 5.09 Å². The van der Waals surface area contributed by atoms with Gasteiger partial charge in [-0.25, -0.2) is 0 Å². The van der Waals surface area contributed by atoms with E-state index < -0.39 is 0 Å². The number of hydrogen-bond donors (Lipinski definition) is 1. The molecule has 0 bridgehead atoms. The summed E-state index contributed by atoms with van der Waals surface area (Å²) in [5.41, 5.74) is 0. The SMILES string of the molecule is CCCN(CCC)N[Si](C)C. The Morgan fingerprint density at radius 3 is 1.82 bits per heavy atom. The van der Waals surface area contributed by atoms with Crippen LogP contribution in [-0.2, 0) is 0 Å². The first-order valence-electron chi connectivity index (χ1n) is 4.52. The highest BCUT2D eigenvalue weighted by atomic mass is 28.3. The molecule has 0 aromatic carbocycles. The van der Waals surface area contributed by atoms with Crippen LogP contribution in [0.1, 0.15) is 26.7 Å². The lowest BCUT2D eigenvalue weighted by Gasteiger charge is -2.23. The average molecular weight is 173 g/mol. The lowest BCUT2D eigenvalue weighted by Crippen LogP contribution is -2.45. The van der Waals surface area contributed by atoms with Crippen LogP contribution >= 0.6 is 0 Å². The van der Waals surface area contributed by atoms with E-state index >= 15 is 0 Å². The van der Waals surface area contributed by atoms with Crippen molar-refractivity contribution in [2.45, 2.75) is 39.8 Å². The van der Waals surface area contributed by atoms with E-state index in [1.807, 2.05) is 0 Å². The van der Waals surface area contributed by atoms with Crippen LogP contribution in [0.25, 0.3) is 0 Å². The topological polar surface area (TPSA) is 15.3 Å². The van der Waals surface area contributed by atoms with Crippen molar-refractivity contribution in [3.8, 4) is 0 Å². The van der Waals surface area contributed by atoms with E-state index in [1.165, 1.54) is 25.9 Å². The Labute approximate surface area is 72.6 Å². The van der Waals surface area contributed by atoms with Crippen molar-refractivity contribution in [1.82, 2.24) is 10.1 Å². The number of nitrogens with one attached hydrogen (secondary N) is 1. The van der Waals surface area contributed by atoms with E-state index in [0.29, 0.717) is 0 Å². The highest BCUT2D eigenvalue weighted by Crippen LogP contribution is 1.90. The van der Waals surface area contributed by atoms with Crippen molar-refractivity contribution in [3.05, 3.63) is 0 Å². The van der Waals surface area contributed by atoms with Gasteiger partial charge in [0.2, 0.25) is 0 Å². The van der Waals surface area contributed by atoms with Gasteiger partial charge >= 0.3 is 0 Å². The Kier molecular flexibility index (Phi) is 6.91. The molecule has 2 nitrogen and oxygen atoms in total. The minimum absolute atomic E-state index is 0.301. The Hall–Kier alpha value is 0.137. The van der Waals surface area contributed by atoms with Gasteiger partial charge in [0.15, 0.2) is 0 Å². The molecule has 3 heteroatoms. The zero-order valence-corrected chi connectivity index (χ0v) is 9.28. The van der Waals surface area contributed by atoms with Gasteiger partial charge < -0.3 is 0 Å². The van der Waals surface area contributed by atoms with Crippen molar-refractivity contribution < 1.29 is 0 Å². The van der Waals surface area contributed by atoms with Gasteiger partial charge in [-0.15, -0.1) is 0 Å². The standard InChI is InChI=1S/C8H21N2Si/c1-5-7-10(8-6-2)9-11(3)4/h9H,5-8H2,1-4H3. The summed E-state index contributed by atoms with van der Waals surface area (Å²) in [6.07, 6.45) is 2.48. The van der Waals surface area contributed by atoms with Crippen LogP contribution in [-0.4, -0.2) is 27.1 Å². The van der Waals surface area contributed by atoms with Gasteiger partial charge in [-0.05, 0) is 12.8 Å². The van der Waals surface area contributed by atoms with E-state index in [4.69, 9.17) is 0 Å². The van der Waals surface area contributed by atoms with Gasteiger partial charge in [-0.3, -0.25) is 10.1 Å². The predicted molar refractivity (Wildman–Crippen MR) is 52.8 cm³/mol. The maximum atomic E-state index is 3.52. The molecular weight excluding hydrogens is 152 g/mol. The molecule has 1 N–H and O–H groups in total. The number of nitrogens with zero attached hydrogens (tertiary/aromatic N) is 1. The number of hydrogen-bond acceptors (Lipinski definition) is 2. The molecule has 0 rings (SSSR count). The maximum Gasteiger partial charge on any atom is 0.144 e. The lowest BCUT2D eigenvalue weighted by molar-refractivity contribution is 0.241. The third-order valence-electron chi connectivity index (χ3n) is 1.37. The Morgan fingerprint density at radius 1 is 1.09 bits per heavy atom. The quantitative estimate of drug-likeness (QED) is 0.487. The highest BCUT2D eigenvalue weighted by Gasteiger charge is 2.03. The van der Waals surface area contributed by atoms with Gasteiger partial charge in [0.05, 0.1) is 0 Å². The van der Waals surface area contributed by atoms with Gasteiger partial charge in [0, 0.05) is 13.1 Å². The number of hydrazine groups is 1. The van der Waals surface area contributed by atoms with Crippen molar-refractivity contribution in [3.63, 3.8) is 0 Å². The van der Waals surface area contributed by atoms with Gasteiger partial charge in [-0.1, -0.05) is 26.9 Å². The third kappa shape index (κ3) is 6.53. The maximum absolute atomic E-state index is 3.52. The molecule has 0 saturated heterocycles. The minimum Gasteiger partial charge on any atom is -0.278 e. The first-order chi connectivity index (χ1) is 5.20. The zero-order chi connectivity index (χ0) is 8.69. The smallest absolute Gasteiger partial charge is 0.144 e. The second-order valence-electron chi connectivity index (χ2n) is 3.10. The molecule has 67 valence electrons. The first-order valence-corrected chi connectivity index (χ1v) is 7.02. The molecular formula is C8H21N2Si. The third-order valence-corrected chi connectivity index (χ3v) is 2.13. The fraction of sp³-hybridized carbons (Fsp3) is 1.00. The van der Waals surface area contributed by atoms with Crippen LogP contribution in [0, 0.1) is 0 Å². The number of rotatable bonds is 6. The van der Waals surface area contributed by atoms with Gasteiger partial charge in [0.1, 0.15) is 8.96 Å². The van der Waals surface area contributed by atoms with E-state index in [-0.39, 0.29) is 8.96 Å². The Balaban J connectivity index is 3.50. The van der Waals surface area contributed by atoms with E-state index in [9.17, 15) is 0 Å². The largest absolute Gasteiger partial charge is 0.278 e. The fourth-order valence-electron chi connectivity index (χ4n) is 1.08. The monoisotopic (exact) mass is 173 g/mol. The van der Waals surface area contributed by atoms with Crippen molar-refractivity contribution in [2.24, 2.45) is 0 Å². The molecule has 0 amide bonds. The molecule has 11 heavy (non-hydrogen) atoms. The second kappa shape index (κ2) is 6.82. The zero-order valence-electron chi connectivity index (χ0n) is 8.28. The summed E-state index contributed by atoms with van der Waals surface area (Å²) < 4.78 is 0.